The highest BCUT2D eigenvalue weighted by atomic mass is 35.5. The molecule has 1 unspecified atom stereocenters. The maximum Gasteiger partial charge on any atom is 0.282 e. The second-order valence-corrected chi connectivity index (χ2v) is 6.26. The minimum Gasteiger partial charge on any atom is -0.464 e. The van der Waals surface area contributed by atoms with Gasteiger partial charge in [-0.05, 0) is 43.7 Å². The van der Waals surface area contributed by atoms with Crippen LogP contribution in [0.2, 0.25) is 5.02 Å². The normalized spacial score (nSPS) is 19.2. The molecule has 1 aromatic heterocycles. The Balaban J connectivity index is 1.82. The fraction of sp³-hybridized carbons (Fsp3) is 0.278. The van der Waals surface area contributed by atoms with Crippen molar-refractivity contribution in [3.05, 3.63) is 53.2 Å². The van der Waals surface area contributed by atoms with Crippen LogP contribution in [0.25, 0.3) is 0 Å². The van der Waals surface area contributed by atoms with Gasteiger partial charge in [0.15, 0.2) is 11.6 Å². The molecule has 1 aliphatic rings. The smallest absolute Gasteiger partial charge is 0.282 e. The van der Waals surface area contributed by atoms with Crippen molar-refractivity contribution in [3.8, 4) is 5.75 Å². The Morgan fingerprint density at radius 1 is 1.36 bits per heavy atom. The van der Waals surface area contributed by atoms with E-state index in [1.54, 1.807) is 36.5 Å². The number of hydrogen-bond donors (Lipinski definition) is 1. The van der Waals surface area contributed by atoms with Crippen LogP contribution in [0, 0.1) is 0 Å². The van der Waals surface area contributed by atoms with Crippen molar-refractivity contribution < 1.29 is 14.3 Å². The van der Waals surface area contributed by atoms with E-state index in [1.807, 2.05) is 13.0 Å². The van der Waals surface area contributed by atoms with Gasteiger partial charge < -0.3 is 10.1 Å². The molecule has 0 fully saturated rings. The first-order chi connectivity index (χ1) is 12.0. The third kappa shape index (κ3) is 3.17. The van der Waals surface area contributed by atoms with Crippen LogP contribution in [-0.4, -0.2) is 28.9 Å². The fourth-order valence-electron chi connectivity index (χ4n) is 2.72. The summed E-state index contributed by atoms with van der Waals surface area (Å²) in [6, 6.07) is 10.5. The summed E-state index contributed by atoms with van der Waals surface area (Å²) in [6.45, 7) is 3.94. The average Bonchev–Trinajstić information content (AvgIpc) is 2.61. The van der Waals surface area contributed by atoms with Crippen molar-refractivity contribution in [2.75, 3.05) is 11.4 Å². The molecular weight excluding hydrogens is 342 g/mol. The van der Waals surface area contributed by atoms with E-state index in [2.05, 4.69) is 10.3 Å². The van der Waals surface area contributed by atoms with E-state index in [9.17, 15) is 9.59 Å². The van der Waals surface area contributed by atoms with Crippen molar-refractivity contribution in [1.82, 2.24) is 10.3 Å². The summed E-state index contributed by atoms with van der Waals surface area (Å²) in [4.78, 5) is 31.2. The molecule has 25 heavy (non-hydrogen) atoms. The zero-order valence-corrected chi connectivity index (χ0v) is 14.7. The van der Waals surface area contributed by atoms with Gasteiger partial charge in [-0.2, -0.15) is 0 Å². The standard InChI is InChI=1S/C18H18ClN3O3/c1-3-22-15-14(8-5-9-20-15)25-18(2,17(22)24)16(23)21-11-12-6-4-7-13(19)10-12/h4-10H,3,11H2,1-2H3,(H,21,23). The predicted octanol–water partition coefficient (Wildman–Crippen LogP) is 2.56. The Morgan fingerprint density at radius 2 is 2.16 bits per heavy atom. The molecule has 0 aliphatic carbocycles. The minimum atomic E-state index is -1.65. The summed E-state index contributed by atoms with van der Waals surface area (Å²) >= 11 is 5.95. The summed E-state index contributed by atoms with van der Waals surface area (Å²) < 4.78 is 5.75. The van der Waals surface area contributed by atoms with Crippen molar-refractivity contribution >= 4 is 29.2 Å². The summed E-state index contributed by atoms with van der Waals surface area (Å²) in [5, 5.41) is 3.34. The van der Waals surface area contributed by atoms with Crippen LogP contribution in [0.4, 0.5) is 5.82 Å². The number of ether oxygens (including phenoxy) is 1. The van der Waals surface area contributed by atoms with Gasteiger partial charge >= 0.3 is 0 Å². The number of carbonyl (C=O) groups excluding carboxylic acids is 2. The Morgan fingerprint density at radius 3 is 2.88 bits per heavy atom. The van der Waals surface area contributed by atoms with Gasteiger partial charge in [0.25, 0.3) is 17.4 Å². The lowest BCUT2D eigenvalue weighted by atomic mass is 10.0. The van der Waals surface area contributed by atoms with Gasteiger partial charge in [-0.25, -0.2) is 4.98 Å². The quantitative estimate of drug-likeness (QED) is 0.852. The lowest BCUT2D eigenvalue weighted by Gasteiger charge is -2.38. The number of amides is 2. The highest BCUT2D eigenvalue weighted by Crippen LogP contribution is 2.35. The average molecular weight is 360 g/mol. The monoisotopic (exact) mass is 359 g/mol. The van der Waals surface area contributed by atoms with Crippen LogP contribution in [0.3, 0.4) is 0 Å². The van der Waals surface area contributed by atoms with Crippen LogP contribution < -0.4 is 15.0 Å². The molecule has 1 aromatic carbocycles. The first-order valence-electron chi connectivity index (χ1n) is 7.94. The molecule has 130 valence electrons. The van der Waals surface area contributed by atoms with Crippen LogP contribution >= 0.6 is 11.6 Å². The van der Waals surface area contributed by atoms with Gasteiger partial charge in [0.1, 0.15) is 0 Å². The summed E-state index contributed by atoms with van der Waals surface area (Å²) in [5.41, 5.74) is -0.813. The van der Waals surface area contributed by atoms with Gasteiger partial charge in [0.2, 0.25) is 0 Å². The van der Waals surface area contributed by atoms with E-state index in [-0.39, 0.29) is 6.54 Å². The molecule has 0 bridgehead atoms. The number of hydrogen-bond acceptors (Lipinski definition) is 4. The summed E-state index contributed by atoms with van der Waals surface area (Å²) in [5.74, 6) is -0.116. The number of benzene rings is 1. The number of nitrogens with one attached hydrogen (secondary N) is 1. The van der Waals surface area contributed by atoms with Gasteiger partial charge in [-0.15, -0.1) is 0 Å². The Kier molecular flexibility index (Phi) is 4.63. The number of rotatable bonds is 4. The topological polar surface area (TPSA) is 71.5 Å². The maximum atomic E-state index is 12.8. The summed E-state index contributed by atoms with van der Waals surface area (Å²) in [6.07, 6.45) is 1.58. The second kappa shape index (κ2) is 6.72. The van der Waals surface area contributed by atoms with Crippen LogP contribution in [0.5, 0.6) is 5.75 Å². The number of anilines is 1. The van der Waals surface area contributed by atoms with Crippen LogP contribution in [-0.2, 0) is 16.1 Å². The number of likely N-dealkylation sites (N-methyl/N-ethyl adjacent to an activating group) is 1. The molecule has 0 spiro atoms. The first-order valence-corrected chi connectivity index (χ1v) is 8.32. The first kappa shape index (κ1) is 17.2. The van der Waals surface area contributed by atoms with Crippen LogP contribution in [0.1, 0.15) is 19.4 Å². The second-order valence-electron chi connectivity index (χ2n) is 5.82. The molecule has 2 aromatic rings. The summed E-state index contributed by atoms with van der Waals surface area (Å²) in [7, 11) is 0. The van der Waals surface area contributed by atoms with Gasteiger partial charge in [-0.3, -0.25) is 14.5 Å². The highest BCUT2D eigenvalue weighted by molar-refractivity contribution is 6.30. The fourth-order valence-corrected chi connectivity index (χ4v) is 2.93. The third-order valence-electron chi connectivity index (χ3n) is 4.07. The highest BCUT2D eigenvalue weighted by Gasteiger charge is 2.50. The van der Waals surface area contributed by atoms with Gasteiger partial charge in [-0.1, -0.05) is 23.7 Å². The van der Waals surface area contributed by atoms with E-state index in [4.69, 9.17) is 16.3 Å². The molecule has 0 saturated carbocycles. The molecule has 1 atom stereocenters. The van der Waals surface area contributed by atoms with E-state index in [1.165, 1.54) is 11.8 Å². The van der Waals surface area contributed by atoms with Gasteiger partial charge in [0, 0.05) is 24.3 Å². The lowest BCUT2D eigenvalue weighted by Crippen LogP contribution is -2.62. The molecular formula is C18H18ClN3O3. The Hall–Kier alpha value is -2.60. The number of aromatic nitrogens is 1. The molecule has 6 nitrogen and oxygen atoms in total. The number of halogens is 1. The molecule has 7 heteroatoms. The van der Waals surface area contributed by atoms with Crippen molar-refractivity contribution in [1.29, 1.82) is 0 Å². The molecule has 2 heterocycles. The van der Waals surface area contributed by atoms with Crippen LogP contribution in [0.15, 0.2) is 42.6 Å². The zero-order chi connectivity index (χ0) is 18.0. The number of nitrogens with zero attached hydrogens (tertiary/aromatic N) is 2. The van der Waals surface area contributed by atoms with E-state index in [0.717, 1.165) is 5.56 Å². The Labute approximate surface area is 150 Å². The van der Waals surface area contributed by atoms with E-state index >= 15 is 0 Å². The largest absolute Gasteiger partial charge is 0.464 e. The van der Waals surface area contributed by atoms with E-state index in [0.29, 0.717) is 23.1 Å². The molecule has 3 rings (SSSR count). The number of pyridine rings is 1. The molecule has 1 aliphatic heterocycles. The number of carbonyl (C=O) groups is 2. The zero-order valence-electron chi connectivity index (χ0n) is 14.0. The van der Waals surface area contributed by atoms with Crippen molar-refractivity contribution in [2.45, 2.75) is 26.0 Å². The molecule has 1 N–H and O–H groups in total. The minimum absolute atomic E-state index is 0.248. The lowest BCUT2D eigenvalue weighted by molar-refractivity contribution is -0.148. The molecule has 0 saturated heterocycles. The van der Waals surface area contributed by atoms with Crippen molar-refractivity contribution in [3.63, 3.8) is 0 Å². The molecule has 0 radical (unpaired) electrons. The number of fused-ring (bicyclic) bond motifs is 1. The van der Waals surface area contributed by atoms with Crippen molar-refractivity contribution in [2.24, 2.45) is 0 Å². The third-order valence-corrected chi connectivity index (χ3v) is 4.30. The van der Waals surface area contributed by atoms with E-state index < -0.39 is 17.4 Å². The predicted molar refractivity (Wildman–Crippen MR) is 94.6 cm³/mol. The van der Waals surface area contributed by atoms with Gasteiger partial charge in [0.05, 0.1) is 0 Å². The SMILES string of the molecule is CCN1C(=O)C(C)(C(=O)NCc2cccc(Cl)c2)Oc2cccnc21. The molecule has 2 amide bonds. The Bertz CT molecular complexity index is 827. The maximum absolute atomic E-state index is 12.8.